The summed E-state index contributed by atoms with van der Waals surface area (Å²) in [4.78, 5) is 16.9. The van der Waals surface area contributed by atoms with Crippen molar-refractivity contribution in [3.8, 4) is 0 Å². The molecule has 0 aromatic heterocycles. The molecule has 1 unspecified atom stereocenters. The molecule has 0 fully saturated rings. The normalized spacial score (nSPS) is 13.6. The molecule has 0 saturated heterocycles. The number of hydrogen-bond donors (Lipinski definition) is 1. The van der Waals surface area contributed by atoms with Crippen LogP contribution in [0.5, 0.6) is 0 Å². The van der Waals surface area contributed by atoms with Gasteiger partial charge in [0.25, 0.3) is 0 Å². The Bertz CT molecular complexity index is 269. The lowest BCUT2D eigenvalue weighted by molar-refractivity contribution is -0.193. The largest absolute Gasteiger partial charge is 0.504 e. The first-order chi connectivity index (χ1) is 8.54. The van der Waals surface area contributed by atoms with Gasteiger partial charge in [0.15, 0.2) is 6.23 Å². The second-order valence-corrected chi connectivity index (χ2v) is 3.82. The molecule has 0 rings (SSSR count). The number of esters is 1. The number of nitrogens with zero attached hydrogens (tertiary/aromatic N) is 1. The Morgan fingerprint density at radius 1 is 1.44 bits per heavy atom. The van der Waals surface area contributed by atoms with Gasteiger partial charge in [-0.25, -0.2) is 4.79 Å². The Labute approximate surface area is 109 Å². The molecule has 6 nitrogen and oxygen atoms in total. The molecule has 0 radical (unpaired) electrons. The van der Waals surface area contributed by atoms with E-state index in [1.807, 2.05) is 13.8 Å². The molecule has 0 aromatic carbocycles. The maximum absolute atomic E-state index is 11.7. The molecule has 0 bridgehead atoms. The van der Waals surface area contributed by atoms with Gasteiger partial charge in [-0.2, -0.15) is 5.06 Å². The summed E-state index contributed by atoms with van der Waals surface area (Å²) in [6, 6.07) is 0. The van der Waals surface area contributed by atoms with Crippen molar-refractivity contribution in [1.82, 2.24) is 5.06 Å². The molecular formula is C12H24N2O4. The van der Waals surface area contributed by atoms with Gasteiger partial charge in [0.05, 0.1) is 18.9 Å². The van der Waals surface area contributed by atoms with Crippen molar-refractivity contribution in [2.45, 2.75) is 32.9 Å². The van der Waals surface area contributed by atoms with Gasteiger partial charge in [0.1, 0.15) is 6.61 Å². The summed E-state index contributed by atoms with van der Waals surface area (Å²) in [5, 5.41) is 1.58. The van der Waals surface area contributed by atoms with Crippen LogP contribution in [0.15, 0.2) is 11.8 Å². The van der Waals surface area contributed by atoms with E-state index >= 15 is 0 Å². The number of hydrogen-bond acceptors (Lipinski definition) is 6. The third-order valence-corrected chi connectivity index (χ3v) is 2.18. The Hall–Kier alpha value is -1.11. The van der Waals surface area contributed by atoms with Gasteiger partial charge in [0, 0.05) is 13.6 Å². The number of nitrogens with two attached hydrogens (primary N) is 1. The minimum atomic E-state index is -0.663. The van der Waals surface area contributed by atoms with Crippen molar-refractivity contribution in [3.05, 3.63) is 11.8 Å². The van der Waals surface area contributed by atoms with E-state index in [1.54, 1.807) is 12.1 Å². The van der Waals surface area contributed by atoms with Gasteiger partial charge in [-0.1, -0.05) is 20.3 Å². The molecule has 1 atom stereocenters. The highest BCUT2D eigenvalue weighted by atomic mass is 16.7. The fraction of sp³-hybridized carbons (Fsp3) is 0.750. The van der Waals surface area contributed by atoms with E-state index in [-0.39, 0.29) is 6.61 Å². The third kappa shape index (κ3) is 7.26. The van der Waals surface area contributed by atoms with Crippen LogP contribution in [0.2, 0.25) is 0 Å². The molecule has 0 aliphatic carbocycles. The lowest BCUT2D eigenvalue weighted by atomic mass is 10.2. The SMILES string of the molecule is CCC/C(=C\OC)C(=O)OCC(N)ON(C)CC. The fourth-order valence-electron chi connectivity index (χ4n) is 1.21. The summed E-state index contributed by atoms with van der Waals surface area (Å²) in [5.41, 5.74) is 6.15. The van der Waals surface area contributed by atoms with Crippen LogP contribution in [-0.4, -0.2) is 44.6 Å². The predicted octanol–water partition coefficient (Wildman–Crippen LogP) is 1.03. The summed E-state index contributed by atoms with van der Waals surface area (Å²) in [7, 11) is 3.25. The molecule has 0 aliphatic rings. The number of carbonyl (C=O) groups excluding carboxylic acids is 1. The first-order valence-corrected chi connectivity index (χ1v) is 6.07. The molecule has 106 valence electrons. The average Bonchev–Trinajstić information content (AvgIpc) is 2.35. The lowest BCUT2D eigenvalue weighted by Gasteiger charge is -2.19. The Balaban J connectivity index is 4.10. The average molecular weight is 260 g/mol. The number of carbonyl (C=O) groups is 1. The van der Waals surface area contributed by atoms with E-state index in [9.17, 15) is 4.79 Å². The zero-order chi connectivity index (χ0) is 14.0. The zero-order valence-corrected chi connectivity index (χ0v) is 11.6. The maximum atomic E-state index is 11.7. The third-order valence-electron chi connectivity index (χ3n) is 2.18. The van der Waals surface area contributed by atoms with Crippen LogP contribution in [0.25, 0.3) is 0 Å². The Morgan fingerprint density at radius 3 is 2.61 bits per heavy atom. The molecule has 0 saturated carbocycles. The number of ether oxygens (including phenoxy) is 2. The molecule has 0 aromatic rings. The first-order valence-electron chi connectivity index (χ1n) is 6.07. The molecule has 0 heterocycles. The predicted molar refractivity (Wildman–Crippen MR) is 68.3 cm³/mol. The van der Waals surface area contributed by atoms with Crippen LogP contribution < -0.4 is 5.73 Å². The van der Waals surface area contributed by atoms with E-state index in [2.05, 4.69) is 0 Å². The van der Waals surface area contributed by atoms with Gasteiger partial charge in [-0.15, -0.1) is 0 Å². The fourth-order valence-corrected chi connectivity index (χ4v) is 1.21. The van der Waals surface area contributed by atoms with Gasteiger partial charge < -0.3 is 15.2 Å². The van der Waals surface area contributed by atoms with Crippen molar-refractivity contribution in [3.63, 3.8) is 0 Å². The molecule has 18 heavy (non-hydrogen) atoms. The quantitative estimate of drug-likeness (QED) is 0.219. The maximum Gasteiger partial charge on any atom is 0.337 e. The summed E-state index contributed by atoms with van der Waals surface area (Å²) >= 11 is 0. The van der Waals surface area contributed by atoms with E-state index in [4.69, 9.17) is 20.0 Å². The molecule has 0 spiro atoms. The second-order valence-electron chi connectivity index (χ2n) is 3.82. The molecule has 0 amide bonds. The monoisotopic (exact) mass is 260 g/mol. The topological polar surface area (TPSA) is 74.0 Å². The van der Waals surface area contributed by atoms with Crippen LogP contribution in [0.1, 0.15) is 26.7 Å². The van der Waals surface area contributed by atoms with E-state index in [0.717, 1.165) is 6.42 Å². The first kappa shape index (κ1) is 16.9. The smallest absolute Gasteiger partial charge is 0.337 e. The van der Waals surface area contributed by atoms with Crippen LogP contribution in [0.4, 0.5) is 0 Å². The molecule has 2 N–H and O–H groups in total. The van der Waals surface area contributed by atoms with Crippen molar-refractivity contribution < 1.29 is 19.1 Å². The van der Waals surface area contributed by atoms with Gasteiger partial charge in [0.2, 0.25) is 0 Å². The second kappa shape index (κ2) is 9.87. The highest BCUT2D eigenvalue weighted by Crippen LogP contribution is 2.07. The highest BCUT2D eigenvalue weighted by Gasteiger charge is 2.14. The van der Waals surface area contributed by atoms with Crippen LogP contribution in [-0.2, 0) is 19.1 Å². The minimum absolute atomic E-state index is 0.00788. The number of rotatable bonds is 9. The summed E-state index contributed by atoms with van der Waals surface area (Å²) < 4.78 is 9.89. The van der Waals surface area contributed by atoms with Gasteiger partial charge in [-0.05, 0) is 6.42 Å². The summed E-state index contributed by atoms with van der Waals surface area (Å²) in [6.45, 7) is 4.61. The minimum Gasteiger partial charge on any atom is -0.504 e. The summed E-state index contributed by atoms with van der Waals surface area (Å²) in [5.74, 6) is -0.420. The van der Waals surface area contributed by atoms with Crippen molar-refractivity contribution >= 4 is 5.97 Å². The molecule has 0 aliphatic heterocycles. The van der Waals surface area contributed by atoms with Crippen LogP contribution >= 0.6 is 0 Å². The van der Waals surface area contributed by atoms with Crippen molar-refractivity contribution in [1.29, 1.82) is 0 Å². The zero-order valence-electron chi connectivity index (χ0n) is 11.6. The Morgan fingerprint density at radius 2 is 2.11 bits per heavy atom. The van der Waals surface area contributed by atoms with Crippen LogP contribution in [0, 0.1) is 0 Å². The number of methoxy groups -OCH3 is 1. The van der Waals surface area contributed by atoms with Gasteiger partial charge >= 0.3 is 5.97 Å². The molecular weight excluding hydrogens is 236 g/mol. The van der Waals surface area contributed by atoms with Crippen molar-refractivity contribution in [2.24, 2.45) is 5.73 Å². The van der Waals surface area contributed by atoms with Gasteiger partial charge in [-0.3, -0.25) is 4.84 Å². The highest BCUT2D eigenvalue weighted by molar-refractivity contribution is 5.88. The van der Waals surface area contributed by atoms with Crippen LogP contribution in [0.3, 0.4) is 0 Å². The van der Waals surface area contributed by atoms with E-state index in [0.29, 0.717) is 18.5 Å². The van der Waals surface area contributed by atoms with Crippen molar-refractivity contribution in [2.75, 3.05) is 27.3 Å². The van der Waals surface area contributed by atoms with E-state index < -0.39 is 12.2 Å². The number of hydroxylamine groups is 2. The van der Waals surface area contributed by atoms with E-state index in [1.165, 1.54) is 13.4 Å². The lowest BCUT2D eigenvalue weighted by Crippen LogP contribution is -2.37. The standard InChI is InChI=1S/C12H24N2O4/c1-5-7-10(8-16-4)12(15)17-9-11(13)18-14(3)6-2/h8,11H,5-7,9,13H2,1-4H3/b10-8+. The summed E-state index contributed by atoms with van der Waals surface area (Å²) in [6.07, 6.45) is 2.18. The Kier molecular flexibility index (Phi) is 9.26. The molecule has 6 heteroatoms.